The number of rotatable bonds is 15. The number of ether oxygens (including phenoxy) is 5. The lowest BCUT2D eigenvalue weighted by molar-refractivity contribution is -0.230. The molecule has 4 rings (SSSR count). The van der Waals surface area contributed by atoms with Crippen molar-refractivity contribution in [1.82, 2.24) is 4.90 Å². The number of nitrogens with zero attached hydrogens (tertiary/aromatic N) is 1. The maximum Gasteiger partial charge on any atom is 0.412 e. The van der Waals surface area contributed by atoms with Crippen LogP contribution in [0.2, 0.25) is 0 Å². The molecule has 0 bridgehead atoms. The largest absolute Gasteiger partial charge is 0.442 e. The quantitative estimate of drug-likeness (QED) is 0.236. The number of carbonyl (C=O) groups is 1. The highest BCUT2D eigenvalue weighted by molar-refractivity contribution is 5.84. The van der Waals surface area contributed by atoms with Gasteiger partial charge in [-0.3, -0.25) is 10.2 Å². The van der Waals surface area contributed by atoms with Crippen LogP contribution in [0.1, 0.15) is 97.0 Å². The Morgan fingerprint density at radius 3 is 2.38 bits per heavy atom. The van der Waals surface area contributed by atoms with Crippen LogP contribution < -0.4 is 5.32 Å². The first-order valence-corrected chi connectivity index (χ1v) is 15.7. The summed E-state index contributed by atoms with van der Waals surface area (Å²) in [6.45, 7) is 11.3. The van der Waals surface area contributed by atoms with E-state index in [9.17, 15) is 4.79 Å². The van der Waals surface area contributed by atoms with E-state index < -0.39 is 30.4 Å². The highest BCUT2D eigenvalue weighted by Gasteiger charge is 2.58. The van der Waals surface area contributed by atoms with Gasteiger partial charge in [0.2, 0.25) is 0 Å². The Morgan fingerprint density at radius 2 is 1.68 bits per heavy atom. The van der Waals surface area contributed by atoms with Crippen LogP contribution in [-0.2, 0) is 23.7 Å². The van der Waals surface area contributed by atoms with Crippen molar-refractivity contribution in [1.29, 1.82) is 0 Å². The smallest absolute Gasteiger partial charge is 0.412 e. The minimum absolute atomic E-state index is 0.360. The average Bonchev–Trinajstić information content (AvgIpc) is 3.41. The number of hydrogen-bond donors (Lipinski definition) is 1. The van der Waals surface area contributed by atoms with Crippen LogP contribution in [0.25, 0.3) is 0 Å². The molecule has 1 N–H and O–H groups in total. The molecule has 1 aromatic carbocycles. The number of carbonyl (C=O) groups excluding carboxylic acids is 1. The second-order valence-electron chi connectivity index (χ2n) is 12.2. The molecule has 5 atom stereocenters. The number of unbranched alkanes of at least 4 members (excludes halogenated alkanes) is 7. The van der Waals surface area contributed by atoms with E-state index in [1.165, 1.54) is 44.9 Å². The zero-order valence-electron chi connectivity index (χ0n) is 25.2. The summed E-state index contributed by atoms with van der Waals surface area (Å²) in [5.41, 5.74) is 1.83. The van der Waals surface area contributed by atoms with Crippen molar-refractivity contribution in [2.75, 3.05) is 31.6 Å². The fraction of sp³-hybridized carbons (Fsp3) is 0.781. The van der Waals surface area contributed by atoms with Crippen LogP contribution in [0, 0.1) is 6.92 Å². The lowest BCUT2D eigenvalue weighted by Gasteiger charge is -2.35. The number of hydrogen-bond acceptors (Lipinski definition) is 7. The van der Waals surface area contributed by atoms with Crippen LogP contribution in [0.3, 0.4) is 0 Å². The summed E-state index contributed by atoms with van der Waals surface area (Å²) in [6.07, 6.45) is 10.7. The second kappa shape index (κ2) is 15.5. The molecule has 1 aromatic rings. The minimum atomic E-state index is -0.744. The van der Waals surface area contributed by atoms with Gasteiger partial charge in [-0.1, -0.05) is 76.0 Å². The van der Waals surface area contributed by atoms with E-state index >= 15 is 0 Å². The van der Waals surface area contributed by atoms with Crippen molar-refractivity contribution in [2.24, 2.45) is 0 Å². The summed E-state index contributed by atoms with van der Waals surface area (Å²) in [5.74, 6) is -0.744. The van der Waals surface area contributed by atoms with Gasteiger partial charge in [0.25, 0.3) is 0 Å². The summed E-state index contributed by atoms with van der Waals surface area (Å²) in [6, 6.07) is 7.69. The van der Waals surface area contributed by atoms with E-state index in [0.717, 1.165) is 44.3 Å². The maximum atomic E-state index is 13.1. The Hall–Kier alpha value is -1.71. The molecule has 226 valence electrons. The highest BCUT2D eigenvalue weighted by Crippen LogP contribution is 2.40. The van der Waals surface area contributed by atoms with Gasteiger partial charge in [0.05, 0.1) is 0 Å². The molecule has 0 radical (unpaired) electrons. The van der Waals surface area contributed by atoms with Crippen molar-refractivity contribution in [3.05, 3.63) is 29.8 Å². The van der Waals surface area contributed by atoms with Gasteiger partial charge >= 0.3 is 6.09 Å². The third kappa shape index (κ3) is 9.41. The van der Waals surface area contributed by atoms with Gasteiger partial charge in [0, 0.05) is 18.8 Å². The van der Waals surface area contributed by atoms with Gasteiger partial charge in [-0.05, 0) is 65.3 Å². The van der Waals surface area contributed by atoms with Gasteiger partial charge in [-0.2, -0.15) is 0 Å². The summed E-state index contributed by atoms with van der Waals surface area (Å²) in [4.78, 5) is 15.4. The Kier molecular flexibility index (Phi) is 12.1. The lowest BCUT2D eigenvalue weighted by atomic mass is 10.0. The SMILES string of the molecule is CCCCCCCCCCO[C@@H]1[C@H]2OC(C)(C)O[C@H]2O[C@@H]1[C@@H](CN1CCCCC1)OC(=O)Nc1ccc(C)cc1. The monoisotopic (exact) mass is 560 g/mol. The zero-order chi connectivity index (χ0) is 28.4. The van der Waals surface area contributed by atoms with Gasteiger partial charge in [0.15, 0.2) is 12.1 Å². The van der Waals surface area contributed by atoms with Gasteiger partial charge < -0.3 is 23.7 Å². The number of fused-ring (bicyclic) bond motifs is 1. The molecular formula is C32H52N2O6. The number of likely N-dealkylation sites (tertiary alicyclic amines) is 1. The Bertz CT molecular complexity index is 888. The van der Waals surface area contributed by atoms with Crippen molar-refractivity contribution < 1.29 is 28.5 Å². The molecule has 0 saturated carbocycles. The molecule has 3 saturated heterocycles. The third-order valence-corrected chi connectivity index (χ3v) is 8.14. The summed E-state index contributed by atoms with van der Waals surface area (Å²) in [7, 11) is 0. The predicted molar refractivity (Wildman–Crippen MR) is 156 cm³/mol. The molecule has 40 heavy (non-hydrogen) atoms. The molecule has 3 aliphatic heterocycles. The first-order chi connectivity index (χ1) is 19.3. The van der Waals surface area contributed by atoms with Gasteiger partial charge in [-0.15, -0.1) is 0 Å². The van der Waals surface area contributed by atoms with E-state index in [4.69, 9.17) is 23.7 Å². The zero-order valence-corrected chi connectivity index (χ0v) is 25.2. The van der Waals surface area contributed by atoms with E-state index in [0.29, 0.717) is 18.8 Å². The average molecular weight is 561 g/mol. The molecule has 0 aromatic heterocycles. The number of anilines is 1. The summed E-state index contributed by atoms with van der Waals surface area (Å²) >= 11 is 0. The van der Waals surface area contributed by atoms with E-state index in [-0.39, 0.29) is 12.2 Å². The number of amides is 1. The standard InChI is InChI=1S/C32H52N2O6/c1-5-6-7-8-9-10-11-15-22-36-28-27(38-30-29(28)39-32(3,4)40-30)26(23-34-20-13-12-14-21-34)37-31(35)33-25-18-16-24(2)17-19-25/h16-19,26-30H,5-15,20-23H2,1-4H3,(H,33,35)/t26-,27-,28+,29-,30-/m1/s1. The summed E-state index contributed by atoms with van der Waals surface area (Å²) in [5, 5.41) is 2.88. The number of nitrogens with one attached hydrogen (secondary N) is 1. The predicted octanol–water partition coefficient (Wildman–Crippen LogP) is 6.80. The molecule has 8 heteroatoms. The minimum Gasteiger partial charge on any atom is -0.442 e. The lowest BCUT2D eigenvalue weighted by Crippen LogP contribution is -2.50. The van der Waals surface area contributed by atoms with Crippen molar-refractivity contribution in [3.63, 3.8) is 0 Å². The molecule has 0 spiro atoms. The molecular weight excluding hydrogens is 508 g/mol. The fourth-order valence-electron chi connectivity index (χ4n) is 5.97. The number of piperidine rings is 1. The summed E-state index contributed by atoms with van der Waals surface area (Å²) < 4.78 is 31.4. The fourth-order valence-corrected chi connectivity index (χ4v) is 5.97. The Balaban J connectivity index is 1.39. The third-order valence-electron chi connectivity index (χ3n) is 8.14. The topological polar surface area (TPSA) is 78.5 Å². The molecule has 0 aliphatic carbocycles. The molecule has 1 amide bonds. The van der Waals surface area contributed by atoms with Crippen LogP contribution >= 0.6 is 0 Å². The molecule has 8 nitrogen and oxygen atoms in total. The first-order valence-electron chi connectivity index (χ1n) is 15.7. The van der Waals surface area contributed by atoms with Gasteiger partial charge in [-0.25, -0.2) is 4.79 Å². The van der Waals surface area contributed by atoms with Crippen molar-refractivity contribution in [3.8, 4) is 0 Å². The highest BCUT2D eigenvalue weighted by atomic mass is 16.8. The van der Waals surface area contributed by atoms with Crippen LogP contribution in [0.5, 0.6) is 0 Å². The molecule has 3 fully saturated rings. The number of aryl methyl sites for hydroxylation is 1. The van der Waals surface area contributed by atoms with Crippen LogP contribution in [0.4, 0.5) is 10.5 Å². The second-order valence-corrected chi connectivity index (χ2v) is 12.2. The van der Waals surface area contributed by atoms with Crippen molar-refractivity contribution >= 4 is 11.8 Å². The molecule has 3 heterocycles. The van der Waals surface area contributed by atoms with Crippen LogP contribution in [0.15, 0.2) is 24.3 Å². The first kappa shape index (κ1) is 31.2. The number of benzene rings is 1. The Morgan fingerprint density at radius 1 is 1.00 bits per heavy atom. The van der Waals surface area contributed by atoms with Crippen molar-refractivity contribution in [2.45, 2.75) is 135 Å². The van der Waals surface area contributed by atoms with E-state index in [1.807, 2.05) is 45.0 Å². The van der Waals surface area contributed by atoms with E-state index in [1.54, 1.807) is 0 Å². The maximum absolute atomic E-state index is 13.1. The normalized spacial score (nSPS) is 26.9. The van der Waals surface area contributed by atoms with Crippen LogP contribution in [-0.4, -0.2) is 73.7 Å². The molecule has 0 unspecified atom stereocenters. The molecule has 3 aliphatic rings. The Labute approximate surface area is 241 Å². The van der Waals surface area contributed by atoms with Gasteiger partial charge in [0.1, 0.15) is 24.4 Å². The van der Waals surface area contributed by atoms with E-state index in [2.05, 4.69) is 17.1 Å².